The number of pyridine rings is 1. The smallest absolute Gasteiger partial charge is 0.326 e. The van der Waals surface area contributed by atoms with Crippen LogP contribution in [0.25, 0.3) is 11.5 Å². The third kappa shape index (κ3) is 5.16. The summed E-state index contributed by atoms with van der Waals surface area (Å²) >= 11 is 0. The molecular formula is C20H17F4N5O4S. The first-order valence-electron chi connectivity index (χ1n) is 9.92. The molecule has 0 unspecified atom stereocenters. The van der Waals surface area contributed by atoms with Crippen molar-refractivity contribution in [3.63, 3.8) is 0 Å². The lowest BCUT2D eigenvalue weighted by Gasteiger charge is -2.32. The van der Waals surface area contributed by atoms with Crippen LogP contribution in [0.5, 0.6) is 0 Å². The Morgan fingerprint density at radius 3 is 2.44 bits per heavy atom. The molecule has 34 heavy (non-hydrogen) atoms. The molecule has 0 radical (unpaired) electrons. The first kappa shape index (κ1) is 23.6. The normalized spacial score (nSPS) is 15.5. The monoisotopic (exact) mass is 499 g/mol. The van der Waals surface area contributed by atoms with Crippen LogP contribution in [-0.2, 0) is 16.4 Å². The molecule has 1 fully saturated rings. The second-order valence-corrected chi connectivity index (χ2v) is 9.70. The molecule has 4 rings (SSSR count). The Balaban J connectivity index is 1.60. The number of carbonyl (C=O) groups is 1. The van der Waals surface area contributed by atoms with Crippen molar-refractivity contribution in [2.75, 3.05) is 29.5 Å². The number of benzene rings is 1. The first-order chi connectivity index (χ1) is 16.1. The number of carbonyl (C=O) groups excluding carboxylic acids is 1. The Hall–Kier alpha value is -3.55. The summed E-state index contributed by atoms with van der Waals surface area (Å²) in [6, 6.07) is 5.35. The molecule has 0 saturated carbocycles. The molecule has 2 aromatic heterocycles. The fraction of sp³-hybridized carbons (Fsp3) is 0.300. The second-order valence-electron chi connectivity index (χ2n) is 7.39. The minimum absolute atomic E-state index is 0.0291. The van der Waals surface area contributed by atoms with Gasteiger partial charge in [0.25, 0.3) is 5.89 Å². The SMILES string of the molecule is O=C(N1CCS(=O)(=O)CC1)N(Cc1ccc(-c2nnc(C(F)F)o2)cc1F)c1ccc(F)cn1. The molecule has 3 aromatic rings. The number of aromatic nitrogens is 3. The second kappa shape index (κ2) is 9.37. The minimum atomic E-state index is -3.25. The van der Waals surface area contributed by atoms with Crippen LogP contribution in [0.2, 0.25) is 0 Å². The van der Waals surface area contributed by atoms with Gasteiger partial charge in [0.2, 0.25) is 5.89 Å². The van der Waals surface area contributed by atoms with E-state index in [0.29, 0.717) is 0 Å². The Kier molecular flexibility index (Phi) is 6.50. The van der Waals surface area contributed by atoms with Crippen LogP contribution >= 0.6 is 0 Å². The quantitative estimate of drug-likeness (QED) is 0.496. The molecule has 9 nitrogen and oxygen atoms in total. The maximum atomic E-state index is 14.9. The lowest BCUT2D eigenvalue weighted by molar-refractivity contribution is 0.116. The molecule has 180 valence electrons. The predicted molar refractivity (Wildman–Crippen MR) is 111 cm³/mol. The molecular weight excluding hydrogens is 482 g/mol. The van der Waals surface area contributed by atoms with Crippen LogP contribution in [0.3, 0.4) is 0 Å². The molecule has 0 aliphatic carbocycles. The van der Waals surface area contributed by atoms with Gasteiger partial charge in [-0.1, -0.05) is 6.07 Å². The van der Waals surface area contributed by atoms with Gasteiger partial charge in [-0.05, 0) is 24.3 Å². The highest BCUT2D eigenvalue weighted by Crippen LogP contribution is 2.26. The average molecular weight is 499 g/mol. The van der Waals surface area contributed by atoms with Gasteiger partial charge in [0, 0.05) is 24.2 Å². The Bertz CT molecular complexity index is 1290. The summed E-state index contributed by atoms with van der Waals surface area (Å²) in [5.41, 5.74) is 0.0844. The molecule has 14 heteroatoms. The molecule has 0 atom stereocenters. The number of amides is 2. The van der Waals surface area contributed by atoms with Crippen molar-refractivity contribution in [2.45, 2.75) is 13.0 Å². The number of hydrogen-bond donors (Lipinski definition) is 0. The number of halogens is 4. The van der Waals surface area contributed by atoms with Crippen LogP contribution in [0.1, 0.15) is 17.9 Å². The zero-order valence-electron chi connectivity index (χ0n) is 17.4. The molecule has 2 amide bonds. The summed E-state index contributed by atoms with van der Waals surface area (Å²) in [5.74, 6) is -3.03. The number of nitrogens with zero attached hydrogens (tertiary/aromatic N) is 5. The van der Waals surface area contributed by atoms with Gasteiger partial charge in [-0.25, -0.2) is 27.0 Å². The molecule has 0 bridgehead atoms. The van der Waals surface area contributed by atoms with Crippen molar-refractivity contribution < 1.29 is 35.2 Å². The first-order valence-corrected chi connectivity index (χ1v) is 11.7. The zero-order valence-corrected chi connectivity index (χ0v) is 18.2. The fourth-order valence-corrected chi connectivity index (χ4v) is 4.47. The average Bonchev–Trinajstić information content (AvgIpc) is 3.29. The van der Waals surface area contributed by atoms with Gasteiger partial charge < -0.3 is 9.32 Å². The van der Waals surface area contributed by atoms with Gasteiger partial charge >= 0.3 is 12.5 Å². The van der Waals surface area contributed by atoms with Crippen LogP contribution in [0.15, 0.2) is 40.9 Å². The fourth-order valence-electron chi connectivity index (χ4n) is 3.27. The van der Waals surface area contributed by atoms with E-state index in [1.54, 1.807) is 0 Å². The summed E-state index contributed by atoms with van der Waals surface area (Å²) in [6.45, 7) is -0.424. The number of sulfone groups is 1. The highest BCUT2D eigenvalue weighted by atomic mass is 32.2. The van der Waals surface area contributed by atoms with E-state index < -0.39 is 39.8 Å². The van der Waals surface area contributed by atoms with Gasteiger partial charge in [-0.2, -0.15) is 8.78 Å². The van der Waals surface area contributed by atoms with E-state index in [2.05, 4.69) is 15.2 Å². The van der Waals surface area contributed by atoms with Gasteiger partial charge in [0.05, 0.1) is 24.2 Å². The van der Waals surface area contributed by atoms with Gasteiger partial charge in [-0.15, -0.1) is 10.2 Å². The molecule has 3 heterocycles. The van der Waals surface area contributed by atoms with Gasteiger partial charge in [0.15, 0.2) is 9.84 Å². The van der Waals surface area contributed by atoms with E-state index in [1.165, 1.54) is 23.1 Å². The summed E-state index contributed by atoms with van der Waals surface area (Å²) in [7, 11) is -3.25. The standard InChI is InChI=1S/C20H17F4N5O4S/c21-14-3-4-16(25-10-14)29(20(30)28-5-7-34(31,32)8-6-28)11-13-2-1-12(9-15(13)22)18-26-27-19(33-18)17(23)24/h1-4,9-10,17H,5-8,11H2. The molecule has 1 aliphatic heterocycles. The minimum Gasteiger partial charge on any atom is -0.415 e. The molecule has 0 spiro atoms. The molecule has 1 aliphatic rings. The van der Waals surface area contributed by atoms with E-state index in [0.717, 1.165) is 23.2 Å². The molecule has 1 aromatic carbocycles. The van der Waals surface area contributed by atoms with Crippen LogP contribution < -0.4 is 4.90 Å². The third-order valence-corrected chi connectivity index (χ3v) is 6.70. The number of hydrogen-bond acceptors (Lipinski definition) is 7. The Morgan fingerprint density at radius 2 is 1.85 bits per heavy atom. The van der Waals surface area contributed by atoms with Crippen molar-refractivity contribution in [3.8, 4) is 11.5 Å². The van der Waals surface area contributed by atoms with Crippen molar-refractivity contribution in [1.29, 1.82) is 0 Å². The topological polar surface area (TPSA) is 110 Å². The Labute approximate surface area is 190 Å². The molecule has 0 N–H and O–H groups in total. The van der Waals surface area contributed by atoms with Gasteiger partial charge in [0.1, 0.15) is 17.5 Å². The number of urea groups is 1. The van der Waals surface area contributed by atoms with E-state index >= 15 is 0 Å². The van der Waals surface area contributed by atoms with Crippen molar-refractivity contribution in [2.24, 2.45) is 0 Å². The van der Waals surface area contributed by atoms with Crippen LogP contribution in [0.4, 0.5) is 28.2 Å². The summed E-state index contributed by atoms with van der Waals surface area (Å²) in [4.78, 5) is 19.4. The van der Waals surface area contributed by atoms with Crippen molar-refractivity contribution >= 4 is 21.7 Å². The third-order valence-electron chi connectivity index (χ3n) is 5.09. The van der Waals surface area contributed by atoms with E-state index in [9.17, 15) is 30.8 Å². The maximum Gasteiger partial charge on any atom is 0.326 e. The lowest BCUT2D eigenvalue weighted by Crippen LogP contribution is -2.50. The van der Waals surface area contributed by atoms with Gasteiger partial charge in [-0.3, -0.25) is 4.90 Å². The lowest BCUT2D eigenvalue weighted by atomic mass is 10.1. The van der Waals surface area contributed by atoms with Crippen molar-refractivity contribution in [1.82, 2.24) is 20.1 Å². The highest BCUT2D eigenvalue weighted by molar-refractivity contribution is 7.91. The summed E-state index contributed by atoms with van der Waals surface area (Å²) < 4.78 is 81.8. The van der Waals surface area contributed by atoms with E-state index in [1.807, 2.05) is 0 Å². The summed E-state index contributed by atoms with van der Waals surface area (Å²) in [6.07, 6.45) is -2.08. The number of anilines is 1. The van der Waals surface area contributed by atoms with Crippen molar-refractivity contribution in [3.05, 3.63) is 59.6 Å². The summed E-state index contributed by atoms with van der Waals surface area (Å²) in [5, 5.41) is 6.66. The largest absolute Gasteiger partial charge is 0.415 e. The predicted octanol–water partition coefficient (Wildman–Crippen LogP) is 3.20. The van der Waals surface area contributed by atoms with E-state index in [-0.39, 0.29) is 54.0 Å². The maximum absolute atomic E-state index is 14.9. The number of rotatable bonds is 5. The highest BCUT2D eigenvalue weighted by Gasteiger charge is 2.30. The van der Waals surface area contributed by atoms with E-state index in [4.69, 9.17) is 4.42 Å². The number of alkyl halides is 2. The zero-order chi connectivity index (χ0) is 24.5. The van der Waals surface area contributed by atoms with Crippen LogP contribution in [-0.4, -0.2) is 59.1 Å². The Morgan fingerprint density at radius 1 is 1.12 bits per heavy atom. The molecule has 1 saturated heterocycles. The van der Waals surface area contributed by atoms with Crippen LogP contribution in [0, 0.1) is 11.6 Å².